The third kappa shape index (κ3) is 4.50. The highest BCUT2D eigenvalue weighted by molar-refractivity contribution is 5.95. The Labute approximate surface area is 152 Å². The van der Waals surface area contributed by atoms with E-state index in [2.05, 4.69) is 0 Å². The van der Waals surface area contributed by atoms with E-state index in [1.165, 1.54) is 12.1 Å². The molecule has 7 nitrogen and oxygen atoms in total. The monoisotopic (exact) mass is 358 g/mol. The van der Waals surface area contributed by atoms with Crippen molar-refractivity contribution in [1.29, 1.82) is 0 Å². The quantitative estimate of drug-likeness (QED) is 0.531. The lowest BCUT2D eigenvalue weighted by Gasteiger charge is -2.21. The van der Waals surface area contributed by atoms with Gasteiger partial charge in [-0.3, -0.25) is 14.9 Å². The van der Waals surface area contributed by atoms with Crippen LogP contribution in [-0.2, 0) is 6.54 Å². The lowest BCUT2D eigenvalue weighted by atomic mass is 10.1. The standard InChI is InChI=1S/C19H22N2O5/c1-4-20(13-14-6-9-16(25-3)10-7-14)19(22)15-8-11-18(26-5-2)17(12-15)21(23)24/h6-12H,4-5,13H2,1-3H3. The van der Waals surface area contributed by atoms with Crippen molar-refractivity contribution < 1.29 is 19.2 Å². The van der Waals surface area contributed by atoms with Crippen molar-refractivity contribution in [1.82, 2.24) is 4.90 Å². The Balaban J connectivity index is 2.23. The van der Waals surface area contributed by atoms with E-state index in [0.717, 1.165) is 11.3 Å². The van der Waals surface area contributed by atoms with Crippen molar-refractivity contribution in [2.45, 2.75) is 20.4 Å². The number of carbonyl (C=O) groups is 1. The van der Waals surface area contributed by atoms with Crippen LogP contribution in [0.4, 0.5) is 5.69 Å². The summed E-state index contributed by atoms with van der Waals surface area (Å²) in [7, 11) is 1.59. The Morgan fingerprint density at radius 2 is 1.85 bits per heavy atom. The van der Waals surface area contributed by atoms with Gasteiger partial charge < -0.3 is 14.4 Å². The van der Waals surface area contributed by atoms with Crippen LogP contribution in [0.1, 0.15) is 29.8 Å². The van der Waals surface area contributed by atoms with Crippen LogP contribution in [0.5, 0.6) is 11.5 Å². The van der Waals surface area contributed by atoms with E-state index >= 15 is 0 Å². The highest BCUT2D eigenvalue weighted by Crippen LogP contribution is 2.28. The van der Waals surface area contributed by atoms with Gasteiger partial charge in [-0.15, -0.1) is 0 Å². The number of nitro benzene ring substituents is 1. The second kappa shape index (κ2) is 8.84. The van der Waals surface area contributed by atoms with Crippen molar-refractivity contribution in [3.63, 3.8) is 0 Å². The van der Waals surface area contributed by atoms with Gasteiger partial charge in [-0.25, -0.2) is 0 Å². The van der Waals surface area contributed by atoms with Crippen LogP contribution < -0.4 is 9.47 Å². The maximum absolute atomic E-state index is 12.8. The zero-order chi connectivity index (χ0) is 19.1. The smallest absolute Gasteiger partial charge is 0.311 e. The maximum Gasteiger partial charge on any atom is 0.311 e. The minimum atomic E-state index is -0.540. The molecule has 2 aromatic rings. The molecule has 138 valence electrons. The van der Waals surface area contributed by atoms with Crippen LogP contribution in [0.15, 0.2) is 42.5 Å². The van der Waals surface area contributed by atoms with Crippen molar-refractivity contribution in [2.24, 2.45) is 0 Å². The zero-order valence-electron chi connectivity index (χ0n) is 15.1. The Bertz CT molecular complexity index is 774. The minimum Gasteiger partial charge on any atom is -0.497 e. The molecule has 0 N–H and O–H groups in total. The van der Waals surface area contributed by atoms with Crippen LogP contribution in [0, 0.1) is 10.1 Å². The fourth-order valence-corrected chi connectivity index (χ4v) is 2.53. The van der Waals surface area contributed by atoms with Gasteiger partial charge in [-0.05, 0) is 43.7 Å². The Kier molecular flexibility index (Phi) is 6.54. The SMILES string of the molecule is CCOc1ccc(C(=O)N(CC)Cc2ccc(OC)cc2)cc1[N+](=O)[O-]. The van der Waals surface area contributed by atoms with Crippen LogP contribution in [-0.4, -0.2) is 36.0 Å². The number of benzene rings is 2. The molecule has 2 aromatic carbocycles. The summed E-state index contributed by atoms with van der Waals surface area (Å²) < 4.78 is 10.4. The molecule has 0 aliphatic rings. The molecule has 0 saturated heterocycles. The van der Waals surface area contributed by atoms with Crippen LogP contribution in [0.3, 0.4) is 0 Å². The third-order valence-corrected chi connectivity index (χ3v) is 3.90. The molecule has 0 radical (unpaired) electrons. The molecule has 0 bridgehead atoms. The normalized spacial score (nSPS) is 10.3. The van der Waals surface area contributed by atoms with Gasteiger partial charge in [-0.1, -0.05) is 12.1 Å². The molecule has 0 spiro atoms. The average molecular weight is 358 g/mol. The first-order valence-electron chi connectivity index (χ1n) is 8.33. The molecule has 0 aliphatic carbocycles. The number of carbonyl (C=O) groups excluding carboxylic acids is 1. The molecular weight excluding hydrogens is 336 g/mol. The summed E-state index contributed by atoms with van der Waals surface area (Å²) in [5.41, 5.74) is 0.996. The van der Waals surface area contributed by atoms with Gasteiger partial charge in [-0.2, -0.15) is 0 Å². The lowest BCUT2D eigenvalue weighted by molar-refractivity contribution is -0.385. The second-order valence-electron chi connectivity index (χ2n) is 5.54. The van der Waals surface area contributed by atoms with Gasteiger partial charge in [0, 0.05) is 24.7 Å². The van der Waals surface area contributed by atoms with Gasteiger partial charge >= 0.3 is 5.69 Å². The number of ether oxygens (including phenoxy) is 2. The summed E-state index contributed by atoms with van der Waals surface area (Å²) >= 11 is 0. The third-order valence-electron chi connectivity index (χ3n) is 3.90. The maximum atomic E-state index is 12.8. The number of hydrogen-bond donors (Lipinski definition) is 0. The van der Waals surface area contributed by atoms with Gasteiger partial charge in [0.2, 0.25) is 0 Å². The molecule has 0 aromatic heterocycles. The number of methoxy groups -OCH3 is 1. The Hall–Kier alpha value is -3.09. The fraction of sp³-hybridized carbons (Fsp3) is 0.316. The average Bonchev–Trinajstić information content (AvgIpc) is 2.66. The molecule has 0 aliphatic heterocycles. The van der Waals surface area contributed by atoms with Gasteiger partial charge in [0.1, 0.15) is 5.75 Å². The number of rotatable bonds is 8. The summed E-state index contributed by atoms with van der Waals surface area (Å²) in [6.07, 6.45) is 0. The molecule has 7 heteroatoms. The summed E-state index contributed by atoms with van der Waals surface area (Å²) in [5.74, 6) is 0.631. The van der Waals surface area contributed by atoms with Gasteiger partial charge in [0.15, 0.2) is 5.75 Å². The van der Waals surface area contributed by atoms with E-state index in [4.69, 9.17) is 9.47 Å². The van der Waals surface area contributed by atoms with Crippen molar-refractivity contribution in [3.8, 4) is 11.5 Å². The molecule has 1 amide bonds. The molecule has 0 heterocycles. The zero-order valence-corrected chi connectivity index (χ0v) is 15.1. The minimum absolute atomic E-state index is 0.159. The molecule has 26 heavy (non-hydrogen) atoms. The highest BCUT2D eigenvalue weighted by atomic mass is 16.6. The van der Waals surface area contributed by atoms with Gasteiger partial charge in [0.25, 0.3) is 5.91 Å². The summed E-state index contributed by atoms with van der Waals surface area (Å²) in [6.45, 7) is 4.81. The Morgan fingerprint density at radius 3 is 2.38 bits per heavy atom. The molecule has 0 unspecified atom stereocenters. The topological polar surface area (TPSA) is 81.9 Å². The first-order valence-corrected chi connectivity index (χ1v) is 8.33. The van der Waals surface area contributed by atoms with Crippen LogP contribution in [0.25, 0.3) is 0 Å². The molecule has 0 fully saturated rings. The van der Waals surface area contributed by atoms with Crippen LogP contribution in [0.2, 0.25) is 0 Å². The van der Waals surface area contributed by atoms with Crippen molar-refractivity contribution >= 4 is 11.6 Å². The van der Waals surface area contributed by atoms with E-state index in [1.807, 2.05) is 31.2 Å². The predicted octanol–water partition coefficient (Wildman–Crippen LogP) is 3.66. The molecular formula is C19H22N2O5. The first-order chi connectivity index (χ1) is 12.5. The fourth-order valence-electron chi connectivity index (χ4n) is 2.53. The van der Waals surface area contributed by atoms with Crippen molar-refractivity contribution in [3.05, 3.63) is 63.7 Å². The van der Waals surface area contributed by atoms with E-state index in [-0.39, 0.29) is 22.9 Å². The molecule has 0 saturated carbocycles. The molecule has 0 atom stereocenters. The van der Waals surface area contributed by atoms with Crippen LogP contribution >= 0.6 is 0 Å². The largest absolute Gasteiger partial charge is 0.497 e. The first kappa shape index (κ1) is 19.2. The van der Waals surface area contributed by atoms with Crippen molar-refractivity contribution in [2.75, 3.05) is 20.3 Å². The highest BCUT2D eigenvalue weighted by Gasteiger charge is 2.21. The number of nitro groups is 1. The van der Waals surface area contributed by atoms with Gasteiger partial charge in [0.05, 0.1) is 18.6 Å². The van der Waals surface area contributed by atoms with E-state index in [0.29, 0.717) is 19.7 Å². The van der Waals surface area contributed by atoms with E-state index in [1.54, 1.807) is 25.0 Å². The number of nitrogens with zero attached hydrogens (tertiary/aromatic N) is 2. The number of hydrogen-bond acceptors (Lipinski definition) is 5. The van der Waals surface area contributed by atoms with E-state index < -0.39 is 4.92 Å². The summed E-state index contributed by atoms with van der Waals surface area (Å²) in [4.78, 5) is 25.1. The number of amides is 1. The summed E-state index contributed by atoms with van der Waals surface area (Å²) in [5, 5.41) is 11.3. The summed E-state index contributed by atoms with van der Waals surface area (Å²) in [6, 6.07) is 11.7. The Morgan fingerprint density at radius 1 is 1.15 bits per heavy atom. The predicted molar refractivity (Wildman–Crippen MR) is 97.7 cm³/mol. The second-order valence-corrected chi connectivity index (χ2v) is 5.54. The lowest BCUT2D eigenvalue weighted by Crippen LogP contribution is -2.30. The molecule has 2 rings (SSSR count). The van der Waals surface area contributed by atoms with E-state index in [9.17, 15) is 14.9 Å².